The number of hydrogen-bond acceptors (Lipinski definition) is 7. The molecule has 4 aromatic rings. The zero-order chi connectivity index (χ0) is 21.4. The van der Waals surface area contributed by atoms with Gasteiger partial charge in [-0.25, -0.2) is 9.89 Å². The van der Waals surface area contributed by atoms with Gasteiger partial charge in [-0.15, -0.1) is 10.2 Å². The summed E-state index contributed by atoms with van der Waals surface area (Å²) < 4.78 is 6.50. The number of nitrogens with zero attached hydrogens (tertiary/aromatic N) is 4. The predicted molar refractivity (Wildman–Crippen MR) is 108 cm³/mol. The smallest absolute Gasteiger partial charge is 0.349 e. The maximum Gasteiger partial charge on any atom is 0.349 e. The minimum Gasteiger partial charge on any atom is -0.434 e. The molecule has 0 aliphatic rings. The van der Waals surface area contributed by atoms with Gasteiger partial charge in [-0.2, -0.15) is 9.94 Å². The van der Waals surface area contributed by atoms with E-state index in [1.165, 1.54) is 12.1 Å². The number of ether oxygens (including phenoxy) is 1. The fourth-order valence-electron chi connectivity index (χ4n) is 2.68. The molecule has 30 heavy (non-hydrogen) atoms. The summed E-state index contributed by atoms with van der Waals surface area (Å²) in [5.41, 5.74) is -2.59. The first-order chi connectivity index (χ1) is 14.4. The molecule has 0 fully saturated rings. The van der Waals surface area contributed by atoms with Crippen molar-refractivity contribution in [2.75, 3.05) is 0 Å². The number of fused-ring (bicyclic) bond motifs is 1. The number of nitrogens with one attached hydrogen (secondary N) is 2. The van der Waals surface area contributed by atoms with Crippen LogP contribution in [0.2, 0.25) is 10.0 Å². The number of aromatic amines is 2. The minimum absolute atomic E-state index is 0.00649. The average molecular weight is 443 g/mol. The van der Waals surface area contributed by atoms with Crippen LogP contribution in [-0.4, -0.2) is 25.0 Å². The van der Waals surface area contributed by atoms with E-state index in [0.29, 0.717) is 10.8 Å². The van der Waals surface area contributed by atoms with E-state index in [1.807, 2.05) is 4.98 Å². The molecule has 0 spiro atoms. The summed E-state index contributed by atoms with van der Waals surface area (Å²) in [6, 6.07) is 10.9. The average Bonchev–Trinajstić information content (AvgIpc) is 2.72. The second kappa shape index (κ2) is 7.47. The van der Waals surface area contributed by atoms with Gasteiger partial charge in [0.15, 0.2) is 5.75 Å². The van der Waals surface area contributed by atoms with Gasteiger partial charge in [-0.05, 0) is 24.3 Å². The lowest BCUT2D eigenvalue weighted by Crippen LogP contribution is -2.33. The van der Waals surface area contributed by atoms with Crippen molar-refractivity contribution in [2.45, 2.75) is 0 Å². The Morgan fingerprint density at radius 2 is 1.70 bits per heavy atom. The number of nitriles is 1. The van der Waals surface area contributed by atoms with E-state index in [9.17, 15) is 14.4 Å². The van der Waals surface area contributed by atoms with Crippen LogP contribution in [0.5, 0.6) is 11.6 Å². The molecule has 0 amide bonds. The summed E-state index contributed by atoms with van der Waals surface area (Å²) in [4.78, 5) is 37.5. The summed E-state index contributed by atoms with van der Waals surface area (Å²) >= 11 is 12.6. The van der Waals surface area contributed by atoms with Crippen molar-refractivity contribution in [3.63, 3.8) is 0 Å². The summed E-state index contributed by atoms with van der Waals surface area (Å²) in [7, 11) is 0. The molecule has 148 valence electrons. The van der Waals surface area contributed by atoms with E-state index < -0.39 is 16.9 Å². The van der Waals surface area contributed by atoms with E-state index in [-0.39, 0.29) is 32.9 Å². The Balaban J connectivity index is 1.82. The van der Waals surface area contributed by atoms with Gasteiger partial charge in [0, 0.05) is 0 Å². The number of benzene rings is 2. The summed E-state index contributed by atoms with van der Waals surface area (Å²) in [5, 5.41) is 19.7. The molecule has 4 rings (SSSR count). The van der Waals surface area contributed by atoms with Crippen molar-refractivity contribution in [1.82, 2.24) is 25.0 Å². The van der Waals surface area contributed by atoms with Crippen LogP contribution >= 0.6 is 23.2 Å². The highest BCUT2D eigenvalue weighted by molar-refractivity contribution is 6.37. The second-order valence-corrected chi connectivity index (χ2v) is 6.69. The highest BCUT2D eigenvalue weighted by atomic mass is 35.5. The lowest BCUT2D eigenvalue weighted by atomic mass is 10.2. The molecule has 0 unspecified atom stereocenters. The van der Waals surface area contributed by atoms with Gasteiger partial charge < -0.3 is 4.74 Å². The normalized spacial score (nSPS) is 10.7. The van der Waals surface area contributed by atoms with E-state index >= 15 is 0 Å². The fraction of sp³-hybridized carbons (Fsp3) is 0. The Morgan fingerprint density at radius 1 is 1.03 bits per heavy atom. The Hall–Kier alpha value is -3.94. The van der Waals surface area contributed by atoms with Crippen LogP contribution < -0.4 is 21.5 Å². The molecule has 0 aliphatic heterocycles. The van der Waals surface area contributed by atoms with Crippen LogP contribution in [0.25, 0.3) is 16.5 Å². The van der Waals surface area contributed by atoms with Crippen LogP contribution in [0.4, 0.5) is 0 Å². The molecule has 0 aliphatic carbocycles. The third-order valence-corrected chi connectivity index (χ3v) is 4.58. The number of hydrogen-bond donors (Lipinski definition) is 2. The third kappa shape index (κ3) is 3.32. The van der Waals surface area contributed by atoms with Crippen LogP contribution in [-0.2, 0) is 0 Å². The number of halogens is 2. The quantitative estimate of drug-likeness (QED) is 0.493. The van der Waals surface area contributed by atoms with Gasteiger partial charge in [0.05, 0.1) is 26.5 Å². The molecule has 10 nitrogen and oxygen atoms in total. The molecule has 0 atom stereocenters. The van der Waals surface area contributed by atoms with Crippen molar-refractivity contribution in [3.05, 3.63) is 83.3 Å². The molecule has 0 bridgehead atoms. The third-order valence-electron chi connectivity index (χ3n) is 4.02. The highest BCUT2D eigenvalue weighted by Crippen LogP contribution is 2.38. The molecular weight excluding hydrogens is 435 g/mol. The lowest BCUT2D eigenvalue weighted by Gasteiger charge is -2.12. The van der Waals surface area contributed by atoms with E-state index in [0.717, 1.165) is 4.68 Å². The standard InChI is InChI=1S/C18H8Cl2N6O4/c19-11-5-8(26-18(29)22-16(28)13(7-21)25-26)6-12(20)14(11)30-17-10-4-2-1-3-9(10)15(27)23-24-17/h1-6H,(H,23,27)(H,22,28,29). The van der Waals surface area contributed by atoms with Gasteiger partial charge in [-0.3, -0.25) is 14.6 Å². The Bertz CT molecular complexity index is 1510. The van der Waals surface area contributed by atoms with Gasteiger partial charge in [-0.1, -0.05) is 35.3 Å². The number of H-pyrrole nitrogens is 2. The van der Waals surface area contributed by atoms with Crippen molar-refractivity contribution < 1.29 is 4.74 Å². The van der Waals surface area contributed by atoms with Crippen molar-refractivity contribution in [2.24, 2.45) is 0 Å². The summed E-state index contributed by atoms with van der Waals surface area (Å²) in [6.45, 7) is 0. The monoisotopic (exact) mass is 442 g/mol. The second-order valence-electron chi connectivity index (χ2n) is 5.88. The first-order valence-electron chi connectivity index (χ1n) is 8.17. The number of aromatic nitrogens is 5. The Labute approximate surface area is 175 Å². The Morgan fingerprint density at radius 3 is 2.37 bits per heavy atom. The minimum atomic E-state index is -0.910. The Kier molecular flexibility index (Phi) is 4.83. The molecule has 0 saturated carbocycles. The highest BCUT2D eigenvalue weighted by Gasteiger charge is 2.17. The maximum absolute atomic E-state index is 12.1. The largest absolute Gasteiger partial charge is 0.434 e. The van der Waals surface area contributed by atoms with Gasteiger partial charge in [0.2, 0.25) is 11.6 Å². The molecule has 2 N–H and O–H groups in total. The SMILES string of the molecule is N#Cc1nn(-c2cc(Cl)c(Oc3n[nH]c(=O)c4ccccc34)c(Cl)c2)c(=O)[nH]c1=O. The molecule has 2 heterocycles. The first kappa shape index (κ1) is 19.4. The van der Waals surface area contributed by atoms with Gasteiger partial charge >= 0.3 is 5.69 Å². The molecule has 0 saturated heterocycles. The van der Waals surface area contributed by atoms with Gasteiger partial charge in [0.1, 0.15) is 6.07 Å². The molecule has 12 heteroatoms. The van der Waals surface area contributed by atoms with Crippen LogP contribution in [0.1, 0.15) is 5.69 Å². The molecule has 2 aromatic heterocycles. The van der Waals surface area contributed by atoms with Crippen molar-refractivity contribution >= 4 is 34.0 Å². The molecule has 0 radical (unpaired) electrons. The van der Waals surface area contributed by atoms with E-state index in [2.05, 4.69) is 15.3 Å². The molecular formula is C18H8Cl2N6O4. The predicted octanol–water partition coefficient (Wildman–Crippen LogP) is 2.13. The zero-order valence-corrected chi connectivity index (χ0v) is 16.2. The van der Waals surface area contributed by atoms with Crippen molar-refractivity contribution in [1.29, 1.82) is 5.26 Å². The molecule has 2 aromatic carbocycles. The van der Waals surface area contributed by atoms with Gasteiger partial charge in [0.25, 0.3) is 11.1 Å². The lowest BCUT2D eigenvalue weighted by molar-refractivity contribution is 0.461. The van der Waals surface area contributed by atoms with Crippen LogP contribution in [0, 0.1) is 11.3 Å². The summed E-state index contributed by atoms with van der Waals surface area (Å²) in [6.07, 6.45) is 0. The van der Waals surface area contributed by atoms with Crippen LogP contribution in [0.15, 0.2) is 50.8 Å². The number of rotatable bonds is 3. The van der Waals surface area contributed by atoms with Crippen LogP contribution in [0.3, 0.4) is 0 Å². The van der Waals surface area contributed by atoms with E-state index in [4.69, 9.17) is 33.2 Å². The zero-order valence-electron chi connectivity index (χ0n) is 14.6. The van der Waals surface area contributed by atoms with Crippen molar-refractivity contribution in [3.8, 4) is 23.4 Å². The topological polar surface area (TPSA) is 147 Å². The maximum atomic E-state index is 12.1. The fourth-order valence-corrected chi connectivity index (χ4v) is 3.23. The summed E-state index contributed by atoms with van der Waals surface area (Å²) in [5.74, 6) is 0.0811. The van der Waals surface area contributed by atoms with E-state index in [1.54, 1.807) is 30.3 Å². The first-order valence-corrected chi connectivity index (χ1v) is 8.93.